The Balaban J connectivity index is 2.73. The summed E-state index contributed by atoms with van der Waals surface area (Å²) in [6, 6.07) is 6.74. The van der Waals surface area contributed by atoms with Crippen LogP contribution in [0.5, 0.6) is 0 Å². The van der Waals surface area contributed by atoms with Crippen molar-refractivity contribution in [1.82, 2.24) is 0 Å². The molecule has 1 aromatic heterocycles. The number of hydrogen-bond donors (Lipinski definition) is 0. The normalized spacial score (nSPS) is 11.1. The average molecular weight is 334 g/mol. The highest BCUT2D eigenvalue weighted by atomic mass is 127. The van der Waals surface area contributed by atoms with Gasteiger partial charge in [-0.1, -0.05) is 13.0 Å². The fraction of sp³-hybridized carbons (Fsp3) is 0.273. The lowest BCUT2D eigenvalue weighted by Gasteiger charge is -2.01. The zero-order chi connectivity index (χ0) is 10.1. The molecule has 1 heterocycles. The zero-order valence-electron chi connectivity index (χ0n) is 8.13. The molecule has 1 aromatic carbocycles. The van der Waals surface area contributed by atoms with Crippen LogP contribution < -0.4 is 0 Å². The molecule has 0 aliphatic rings. The maximum Gasteiger partial charge on any atom is 0.0608 e. The van der Waals surface area contributed by atoms with Crippen molar-refractivity contribution in [2.24, 2.45) is 0 Å². The molecule has 14 heavy (non-hydrogen) atoms. The maximum atomic E-state index is 2.43. The Morgan fingerprint density at radius 2 is 2.21 bits per heavy atom. The third kappa shape index (κ3) is 1.82. The number of aryl methyl sites for hydroxylation is 1. The van der Waals surface area contributed by atoms with Crippen molar-refractivity contribution in [2.45, 2.75) is 17.6 Å². The first kappa shape index (κ1) is 10.8. The number of benzene rings is 1. The van der Waals surface area contributed by atoms with Gasteiger partial charge in [0.15, 0.2) is 0 Å². The molecule has 0 nitrogen and oxygen atoms in total. The number of rotatable bonds is 2. The van der Waals surface area contributed by atoms with Gasteiger partial charge < -0.3 is 0 Å². The van der Waals surface area contributed by atoms with Crippen LogP contribution in [0.25, 0.3) is 10.1 Å². The third-order valence-electron chi connectivity index (χ3n) is 2.26. The van der Waals surface area contributed by atoms with Gasteiger partial charge in [0.05, 0.1) is 4.21 Å². The predicted octanol–water partition coefficient (Wildman–Crippen LogP) is 4.79. The summed E-state index contributed by atoms with van der Waals surface area (Å²) in [6.45, 7) is 2.23. The molecule has 0 aliphatic carbocycles. The molecule has 0 spiro atoms. The van der Waals surface area contributed by atoms with Gasteiger partial charge in [0, 0.05) is 8.27 Å². The summed E-state index contributed by atoms with van der Waals surface area (Å²) in [5.41, 5.74) is 1.51. The molecule has 2 rings (SSSR count). The number of fused-ring (bicyclic) bond motifs is 1. The maximum absolute atomic E-state index is 2.43. The van der Waals surface area contributed by atoms with Crippen LogP contribution in [0.2, 0.25) is 0 Å². The molecule has 0 atom stereocenters. The minimum atomic E-state index is 1.13. The summed E-state index contributed by atoms with van der Waals surface area (Å²) in [7, 11) is 0. The highest BCUT2D eigenvalue weighted by Gasteiger charge is 2.07. The van der Waals surface area contributed by atoms with Gasteiger partial charge in [-0.25, -0.2) is 0 Å². The van der Waals surface area contributed by atoms with Crippen LogP contribution in [0.4, 0.5) is 0 Å². The lowest BCUT2D eigenvalue weighted by Crippen LogP contribution is -1.84. The van der Waals surface area contributed by atoms with E-state index in [2.05, 4.69) is 54.0 Å². The molecule has 0 aliphatic heterocycles. The first-order chi connectivity index (χ1) is 6.76. The summed E-state index contributed by atoms with van der Waals surface area (Å²) in [6.07, 6.45) is 3.27. The van der Waals surface area contributed by atoms with E-state index < -0.39 is 0 Å². The van der Waals surface area contributed by atoms with E-state index in [9.17, 15) is 0 Å². The van der Waals surface area contributed by atoms with Crippen molar-refractivity contribution in [3.05, 3.63) is 27.3 Å². The van der Waals surface area contributed by atoms with Crippen molar-refractivity contribution in [3.63, 3.8) is 0 Å². The van der Waals surface area contributed by atoms with Crippen LogP contribution in [0.1, 0.15) is 12.5 Å². The van der Waals surface area contributed by atoms with Gasteiger partial charge in [-0.3, -0.25) is 0 Å². The molecule has 74 valence electrons. The van der Waals surface area contributed by atoms with E-state index in [1.165, 1.54) is 23.4 Å². The van der Waals surface area contributed by atoms with Crippen LogP contribution in [0, 0.1) is 3.57 Å². The smallest absolute Gasteiger partial charge is 0.0608 e. The van der Waals surface area contributed by atoms with Crippen molar-refractivity contribution >= 4 is 55.8 Å². The van der Waals surface area contributed by atoms with Crippen molar-refractivity contribution in [3.8, 4) is 0 Å². The van der Waals surface area contributed by atoms with Crippen molar-refractivity contribution in [1.29, 1.82) is 0 Å². The summed E-state index contributed by atoms with van der Waals surface area (Å²) < 4.78 is 4.28. The van der Waals surface area contributed by atoms with Crippen LogP contribution in [-0.4, -0.2) is 6.26 Å². The average Bonchev–Trinajstić information content (AvgIpc) is 2.60. The van der Waals surface area contributed by atoms with E-state index in [1.807, 2.05) is 23.1 Å². The van der Waals surface area contributed by atoms with Gasteiger partial charge in [0.1, 0.15) is 0 Å². The molecule has 2 aromatic rings. The fourth-order valence-electron chi connectivity index (χ4n) is 1.54. The summed E-state index contributed by atoms with van der Waals surface area (Å²) in [5, 5.41) is 1.40. The SMILES string of the molecule is CCc1c(I)ccc2cc(SC)sc12. The zero-order valence-corrected chi connectivity index (χ0v) is 11.9. The Morgan fingerprint density at radius 3 is 2.86 bits per heavy atom. The van der Waals surface area contributed by atoms with Crippen molar-refractivity contribution in [2.75, 3.05) is 6.26 Å². The molecule has 0 saturated heterocycles. The molecule has 0 radical (unpaired) electrons. The minimum absolute atomic E-state index is 1.13. The Morgan fingerprint density at radius 1 is 1.43 bits per heavy atom. The van der Waals surface area contributed by atoms with E-state index in [-0.39, 0.29) is 0 Å². The molecule has 0 saturated carbocycles. The first-order valence-corrected chi connectivity index (χ1v) is 7.63. The highest BCUT2D eigenvalue weighted by molar-refractivity contribution is 14.1. The van der Waals surface area contributed by atoms with Crippen LogP contribution in [0.15, 0.2) is 22.4 Å². The molecular weight excluding hydrogens is 323 g/mol. The summed E-state index contributed by atoms with van der Waals surface area (Å²) >= 11 is 6.19. The van der Waals surface area contributed by atoms with Gasteiger partial charge in [0.25, 0.3) is 0 Å². The minimum Gasteiger partial charge on any atom is -0.129 e. The highest BCUT2D eigenvalue weighted by Crippen LogP contribution is 2.35. The van der Waals surface area contributed by atoms with E-state index in [4.69, 9.17) is 0 Å². The third-order valence-corrected chi connectivity index (χ3v) is 5.55. The molecule has 0 unspecified atom stereocenters. The van der Waals surface area contributed by atoms with Gasteiger partial charge in [-0.2, -0.15) is 0 Å². The Kier molecular flexibility index (Phi) is 3.39. The van der Waals surface area contributed by atoms with Gasteiger partial charge in [0.2, 0.25) is 0 Å². The molecule has 0 amide bonds. The van der Waals surface area contributed by atoms with Gasteiger partial charge >= 0.3 is 0 Å². The van der Waals surface area contributed by atoms with Gasteiger partial charge in [-0.15, -0.1) is 23.1 Å². The predicted molar refractivity (Wildman–Crippen MR) is 75.7 cm³/mol. The van der Waals surface area contributed by atoms with Crippen molar-refractivity contribution < 1.29 is 0 Å². The Hall–Kier alpha value is 0.260. The molecular formula is C11H11IS2. The molecule has 0 bridgehead atoms. The molecule has 3 heteroatoms. The molecule has 0 N–H and O–H groups in total. The van der Waals surface area contributed by atoms with Crippen LogP contribution in [0.3, 0.4) is 0 Å². The Bertz CT molecular complexity index is 460. The second-order valence-electron chi connectivity index (χ2n) is 3.07. The second-order valence-corrected chi connectivity index (χ2v) is 6.39. The monoisotopic (exact) mass is 334 g/mol. The van der Waals surface area contributed by atoms with E-state index in [0.717, 1.165) is 6.42 Å². The quantitative estimate of drug-likeness (QED) is 0.562. The van der Waals surface area contributed by atoms with E-state index >= 15 is 0 Å². The lowest BCUT2D eigenvalue weighted by molar-refractivity contribution is 1.15. The second kappa shape index (κ2) is 4.41. The number of thiophene rings is 1. The topological polar surface area (TPSA) is 0 Å². The lowest BCUT2D eigenvalue weighted by atomic mass is 10.1. The van der Waals surface area contributed by atoms with Gasteiger partial charge in [-0.05, 0) is 58.3 Å². The van der Waals surface area contributed by atoms with E-state index in [1.54, 1.807) is 0 Å². The largest absolute Gasteiger partial charge is 0.129 e. The number of halogens is 1. The van der Waals surface area contributed by atoms with Crippen LogP contribution >= 0.6 is 45.7 Å². The molecule has 0 fully saturated rings. The first-order valence-electron chi connectivity index (χ1n) is 4.51. The summed E-state index contributed by atoms with van der Waals surface area (Å²) in [5.74, 6) is 0. The fourth-order valence-corrected chi connectivity index (χ4v) is 4.39. The summed E-state index contributed by atoms with van der Waals surface area (Å²) in [4.78, 5) is 0. The van der Waals surface area contributed by atoms with Crippen LogP contribution in [-0.2, 0) is 6.42 Å². The Labute approximate surface area is 106 Å². The number of thioether (sulfide) groups is 1. The van der Waals surface area contributed by atoms with E-state index in [0.29, 0.717) is 0 Å². The number of hydrogen-bond acceptors (Lipinski definition) is 2. The standard InChI is InChI=1S/C11H11IS2/c1-3-8-9(12)5-4-7-6-10(13-2)14-11(7)8/h4-6H,3H2,1-2H3.